The summed E-state index contributed by atoms with van der Waals surface area (Å²) in [6, 6.07) is 4.08. The zero-order valence-corrected chi connectivity index (χ0v) is 11.1. The van der Waals surface area contributed by atoms with Crippen LogP contribution in [-0.4, -0.2) is 30.6 Å². The summed E-state index contributed by atoms with van der Waals surface area (Å²) in [4.78, 5) is 34.0. The molecule has 0 saturated carbocycles. The Morgan fingerprint density at radius 2 is 2.00 bits per heavy atom. The number of hydrogen-bond donors (Lipinski definition) is 2. The van der Waals surface area contributed by atoms with Crippen molar-refractivity contribution in [3.8, 4) is 0 Å². The Morgan fingerprint density at radius 3 is 2.60 bits per heavy atom. The van der Waals surface area contributed by atoms with Crippen LogP contribution in [0, 0.1) is 5.82 Å². The zero-order valence-electron chi connectivity index (χ0n) is 11.1. The molecule has 0 fully saturated rings. The number of amides is 3. The number of carbonyl (C=O) groups excluding carboxylic acids is 3. The normalized spacial score (nSPS) is 10.0. The molecule has 7 heteroatoms. The van der Waals surface area contributed by atoms with Gasteiger partial charge in [-0.05, 0) is 32.0 Å². The van der Waals surface area contributed by atoms with E-state index in [1.807, 2.05) is 5.32 Å². The number of rotatable bonds is 4. The van der Waals surface area contributed by atoms with E-state index in [2.05, 4.69) is 10.1 Å². The molecular formula is C13H15FN2O4. The Hall–Kier alpha value is -2.44. The first kappa shape index (κ1) is 15.6. The molecule has 0 atom stereocenters. The molecule has 1 rings (SSSR count). The van der Waals surface area contributed by atoms with Crippen molar-refractivity contribution < 1.29 is 23.5 Å². The van der Waals surface area contributed by atoms with Gasteiger partial charge in [-0.15, -0.1) is 0 Å². The molecule has 1 aromatic carbocycles. The van der Waals surface area contributed by atoms with E-state index in [-0.39, 0.29) is 11.6 Å². The minimum absolute atomic E-state index is 0.00979. The minimum Gasteiger partial charge on any atom is -0.452 e. The molecule has 0 aromatic heterocycles. The van der Waals surface area contributed by atoms with Gasteiger partial charge >= 0.3 is 12.0 Å². The van der Waals surface area contributed by atoms with Gasteiger partial charge in [0.25, 0.3) is 5.91 Å². The van der Waals surface area contributed by atoms with Crippen molar-refractivity contribution >= 4 is 17.9 Å². The number of nitrogens with one attached hydrogen (secondary N) is 2. The van der Waals surface area contributed by atoms with Gasteiger partial charge in [0.1, 0.15) is 5.82 Å². The molecule has 2 N–H and O–H groups in total. The largest absolute Gasteiger partial charge is 0.452 e. The lowest BCUT2D eigenvalue weighted by atomic mass is 10.2. The van der Waals surface area contributed by atoms with Crippen molar-refractivity contribution in [2.45, 2.75) is 19.9 Å². The zero-order chi connectivity index (χ0) is 15.1. The predicted molar refractivity (Wildman–Crippen MR) is 68.5 cm³/mol. The van der Waals surface area contributed by atoms with E-state index in [0.29, 0.717) is 0 Å². The van der Waals surface area contributed by atoms with E-state index in [1.54, 1.807) is 13.8 Å². The Morgan fingerprint density at radius 1 is 1.30 bits per heavy atom. The van der Waals surface area contributed by atoms with Crippen molar-refractivity contribution in [2.24, 2.45) is 0 Å². The van der Waals surface area contributed by atoms with E-state index < -0.39 is 30.3 Å². The van der Waals surface area contributed by atoms with Crippen LogP contribution in [0.25, 0.3) is 0 Å². The van der Waals surface area contributed by atoms with E-state index in [4.69, 9.17) is 0 Å². The summed E-state index contributed by atoms with van der Waals surface area (Å²) in [5.74, 6) is -2.20. The maximum Gasteiger partial charge on any atom is 0.338 e. The highest BCUT2D eigenvalue weighted by atomic mass is 19.1. The molecule has 0 aliphatic heterocycles. The Labute approximate surface area is 115 Å². The van der Waals surface area contributed by atoms with E-state index in [9.17, 15) is 18.8 Å². The third-order valence-corrected chi connectivity index (χ3v) is 2.07. The maximum absolute atomic E-state index is 12.9. The Balaban J connectivity index is 2.41. The number of urea groups is 1. The number of imide groups is 1. The van der Waals surface area contributed by atoms with Crippen LogP contribution in [0.15, 0.2) is 24.3 Å². The second-order valence-corrected chi connectivity index (χ2v) is 4.26. The first-order valence-corrected chi connectivity index (χ1v) is 5.91. The molecule has 0 radical (unpaired) electrons. The second-order valence-electron chi connectivity index (χ2n) is 4.26. The Bertz CT molecular complexity index is 517. The van der Waals surface area contributed by atoms with Crippen LogP contribution in [-0.2, 0) is 9.53 Å². The Kier molecular flexibility index (Phi) is 5.64. The molecule has 0 bridgehead atoms. The summed E-state index contributed by atoms with van der Waals surface area (Å²) in [6.45, 7) is 2.84. The second kappa shape index (κ2) is 7.22. The lowest BCUT2D eigenvalue weighted by molar-refractivity contribution is -0.123. The van der Waals surface area contributed by atoms with Crippen LogP contribution < -0.4 is 10.6 Å². The fourth-order valence-electron chi connectivity index (χ4n) is 1.29. The molecule has 0 aliphatic rings. The quantitative estimate of drug-likeness (QED) is 0.813. The van der Waals surface area contributed by atoms with Gasteiger partial charge < -0.3 is 10.1 Å². The number of carbonyl (C=O) groups is 3. The summed E-state index contributed by atoms with van der Waals surface area (Å²) >= 11 is 0. The molecular weight excluding hydrogens is 267 g/mol. The van der Waals surface area contributed by atoms with Crippen molar-refractivity contribution in [2.75, 3.05) is 6.61 Å². The van der Waals surface area contributed by atoms with Crippen molar-refractivity contribution in [3.05, 3.63) is 35.6 Å². The first-order valence-electron chi connectivity index (χ1n) is 5.91. The van der Waals surface area contributed by atoms with E-state index >= 15 is 0 Å². The van der Waals surface area contributed by atoms with E-state index in [0.717, 1.165) is 6.07 Å². The van der Waals surface area contributed by atoms with Crippen LogP contribution in [0.3, 0.4) is 0 Å². The first-order chi connectivity index (χ1) is 9.38. The highest BCUT2D eigenvalue weighted by Gasteiger charge is 2.13. The smallest absolute Gasteiger partial charge is 0.338 e. The highest BCUT2D eigenvalue weighted by molar-refractivity contribution is 5.97. The SMILES string of the molecule is CC(C)NC(=O)NC(=O)COC(=O)c1cccc(F)c1. The molecule has 0 aliphatic carbocycles. The molecule has 3 amide bonds. The van der Waals surface area contributed by atoms with Gasteiger partial charge in [-0.1, -0.05) is 6.07 Å². The van der Waals surface area contributed by atoms with Gasteiger partial charge in [-0.25, -0.2) is 14.0 Å². The average Bonchev–Trinajstić information content (AvgIpc) is 2.34. The maximum atomic E-state index is 12.9. The highest BCUT2D eigenvalue weighted by Crippen LogP contribution is 2.04. The van der Waals surface area contributed by atoms with Crippen molar-refractivity contribution in [1.29, 1.82) is 0 Å². The van der Waals surface area contributed by atoms with Crippen LogP contribution in [0.5, 0.6) is 0 Å². The monoisotopic (exact) mass is 282 g/mol. The van der Waals surface area contributed by atoms with Crippen LogP contribution in [0.2, 0.25) is 0 Å². The number of halogens is 1. The minimum atomic E-state index is -0.844. The predicted octanol–water partition coefficient (Wildman–Crippen LogP) is 1.22. The standard InChI is InChI=1S/C13H15FN2O4/c1-8(2)15-13(19)16-11(17)7-20-12(18)9-4-3-5-10(14)6-9/h3-6,8H,7H2,1-2H3,(H2,15,16,17,19). The number of benzene rings is 1. The molecule has 0 saturated heterocycles. The third kappa shape index (κ3) is 5.47. The fourth-order valence-corrected chi connectivity index (χ4v) is 1.29. The molecule has 0 spiro atoms. The van der Waals surface area contributed by atoms with Gasteiger partial charge in [0.05, 0.1) is 5.56 Å². The summed E-state index contributed by atoms with van der Waals surface area (Å²) in [6.07, 6.45) is 0. The molecule has 1 aromatic rings. The molecule has 20 heavy (non-hydrogen) atoms. The number of esters is 1. The fraction of sp³-hybridized carbons (Fsp3) is 0.308. The number of hydrogen-bond acceptors (Lipinski definition) is 4. The van der Waals surface area contributed by atoms with Gasteiger partial charge in [-0.3, -0.25) is 10.1 Å². The summed E-state index contributed by atoms with van der Waals surface area (Å²) in [7, 11) is 0. The topological polar surface area (TPSA) is 84.5 Å². The summed E-state index contributed by atoms with van der Waals surface area (Å²) < 4.78 is 17.5. The summed E-state index contributed by atoms with van der Waals surface area (Å²) in [5, 5.41) is 4.43. The molecule has 0 unspecified atom stereocenters. The van der Waals surface area contributed by atoms with Gasteiger partial charge in [-0.2, -0.15) is 0 Å². The van der Waals surface area contributed by atoms with E-state index in [1.165, 1.54) is 18.2 Å². The lowest BCUT2D eigenvalue weighted by Gasteiger charge is -2.09. The molecule has 0 heterocycles. The van der Waals surface area contributed by atoms with Gasteiger partial charge in [0, 0.05) is 6.04 Å². The van der Waals surface area contributed by atoms with Crippen molar-refractivity contribution in [1.82, 2.24) is 10.6 Å². The van der Waals surface area contributed by atoms with Crippen LogP contribution in [0.1, 0.15) is 24.2 Å². The lowest BCUT2D eigenvalue weighted by Crippen LogP contribution is -2.44. The van der Waals surface area contributed by atoms with Gasteiger partial charge in [0.2, 0.25) is 0 Å². The third-order valence-electron chi connectivity index (χ3n) is 2.07. The van der Waals surface area contributed by atoms with Crippen LogP contribution >= 0.6 is 0 Å². The average molecular weight is 282 g/mol. The number of ether oxygens (including phenoxy) is 1. The van der Waals surface area contributed by atoms with Crippen LogP contribution in [0.4, 0.5) is 9.18 Å². The molecule has 6 nitrogen and oxygen atoms in total. The van der Waals surface area contributed by atoms with Crippen molar-refractivity contribution in [3.63, 3.8) is 0 Å². The van der Waals surface area contributed by atoms with Gasteiger partial charge in [0.15, 0.2) is 6.61 Å². The molecule has 108 valence electrons. The summed E-state index contributed by atoms with van der Waals surface area (Å²) in [5.41, 5.74) is -0.00979.